The van der Waals surface area contributed by atoms with Crippen molar-refractivity contribution < 1.29 is 9.53 Å². The van der Waals surface area contributed by atoms with Gasteiger partial charge in [-0.2, -0.15) is 0 Å². The lowest BCUT2D eigenvalue weighted by Gasteiger charge is -2.13. The van der Waals surface area contributed by atoms with Gasteiger partial charge in [0.05, 0.1) is 5.69 Å². The van der Waals surface area contributed by atoms with Crippen molar-refractivity contribution in [2.75, 3.05) is 19.0 Å². The molecule has 0 fully saturated rings. The van der Waals surface area contributed by atoms with Gasteiger partial charge in [-0.3, -0.25) is 0 Å². The maximum Gasteiger partial charge on any atom is 0.337 e. The van der Waals surface area contributed by atoms with Crippen molar-refractivity contribution in [3.63, 3.8) is 0 Å². The molecule has 0 N–H and O–H groups in total. The fourth-order valence-corrected chi connectivity index (χ4v) is 3.03. The van der Waals surface area contributed by atoms with Crippen LogP contribution in [0.15, 0.2) is 53.5 Å². The van der Waals surface area contributed by atoms with Crippen LogP contribution in [0, 0.1) is 0 Å². The van der Waals surface area contributed by atoms with E-state index in [0.29, 0.717) is 5.90 Å². The fraction of sp³-hybridized carbons (Fsp3) is 0.158. The number of ether oxygens (including phenoxy) is 1. The number of esters is 1. The molecule has 4 nitrogen and oxygen atoms in total. The van der Waals surface area contributed by atoms with E-state index in [0.717, 1.165) is 12.1 Å². The van der Waals surface area contributed by atoms with E-state index in [2.05, 4.69) is 54.3 Å². The van der Waals surface area contributed by atoms with E-state index < -0.39 is 0 Å². The van der Waals surface area contributed by atoms with Crippen LogP contribution in [0.5, 0.6) is 0 Å². The minimum atomic E-state index is -0.367. The summed E-state index contributed by atoms with van der Waals surface area (Å²) in [5.41, 5.74) is 7.15. The van der Waals surface area contributed by atoms with Crippen LogP contribution in [0.3, 0.4) is 0 Å². The molecule has 2 aromatic rings. The van der Waals surface area contributed by atoms with Gasteiger partial charge in [-0.05, 0) is 52.9 Å². The first kappa shape index (κ1) is 13.8. The predicted octanol–water partition coefficient (Wildman–Crippen LogP) is 3.47. The third-order valence-electron chi connectivity index (χ3n) is 4.17. The van der Waals surface area contributed by atoms with Gasteiger partial charge in [0.15, 0.2) is 0 Å². The highest BCUT2D eigenvalue weighted by molar-refractivity contribution is 6.08. The molecule has 1 aliphatic heterocycles. The molecule has 0 saturated carbocycles. The summed E-state index contributed by atoms with van der Waals surface area (Å²) in [6.45, 7) is 0. The molecule has 23 heavy (non-hydrogen) atoms. The summed E-state index contributed by atoms with van der Waals surface area (Å²) in [6, 6.07) is 12.7. The third-order valence-corrected chi connectivity index (χ3v) is 4.17. The number of carbonyl (C=O) groups excluding carboxylic acids is 1. The number of hydrogen-bond acceptors (Lipinski definition) is 4. The van der Waals surface area contributed by atoms with Gasteiger partial charge in [0, 0.05) is 31.9 Å². The fourth-order valence-electron chi connectivity index (χ4n) is 3.03. The number of cyclic esters (lactones) is 1. The molecule has 0 aromatic heterocycles. The lowest BCUT2D eigenvalue weighted by molar-refractivity contribution is -0.129. The van der Waals surface area contributed by atoms with Gasteiger partial charge in [0.2, 0.25) is 5.90 Å². The number of benzene rings is 2. The highest BCUT2D eigenvalue weighted by atomic mass is 16.5. The quantitative estimate of drug-likeness (QED) is 0.681. The van der Waals surface area contributed by atoms with Crippen LogP contribution in [-0.4, -0.2) is 26.0 Å². The van der Waals surface area contributed by atoms with E-state index in [1.807, 2.05) is 6.07 Å². The van der Waals surface area contributed by atoms with Crippen molar-refractivity contribution in [1.82, 2.24) is 0 Å². The molecule has 0 saturated heterocycles. The first-order chi connectivity index (χ1) is 11.1. The van der Waals surface area contributed by atoms with Gasteiger partial charge < -0.3 is 9.64 Å². The molecule has 4 heteroatoms. The smallest absolute Gasteiger partial charge is 0.337 e. The van der Waals surface area contributed by atoms with Gasteiger partial charge in [0.25, 0.3) is 0 Å². The molecule has 114 valence electrons. The zero-order valence-electron chi connectivity index (χ0n) is 13.0. The lowest BCUT2D eigenvalue weighted by atomic mass is 10.0. The molecule has 2 aliphatic rings. The maximum atomic E-state index is 11.1. The average molecular weight is 304 g/mol. The Hall–Kier alpha value is -2.88. The molecule has 0 amide bonds. The Kier molecular flexibility index (Phi) is 3.05. The summed E-state index contributed by atoms with van der Waals surface area (Å²) >= 11 is 0. The lowest BCUT2D eigenvalue weighted by Crippen LogP contribution is -2.08. The summed E-state index contributed by atoms with van der Waals surface area (Å²) in [6.07, 6.45) is 3.87. The van der Waals surface area contributed by atoms with Crippen molar-refractivity contribution in [3.8, 4) is 11.1 Å². The summed E-state index contributed by atoms with van der Waals surface area (Å²) < 4.78 is 4.98. The third kappa shape index (κ3) is 2.42. The first-order valence-corrected chi connectivity index (χ1v) is 7.52. The van der Waals surface area contributed by atoms with E-state index in [1.54, 1.807) is 6.08 Å². The topological polar surface area (TPSA) is 41.9 Å². The summed E-state index contributed by atoms with van der Waals surface area (Å²) in [7, 11) is 4.10. The van der Waals surface area contributed by atoms with Gasteiger partial charge >= 0.3 is 5.97 Å². The molecule has 0 atom stereocenters. The molecular formula is C19H16N2O2. The largest absolute Gasteiger partial charge is 0.404 e. The van der Waals surface area contributed by atoms with Crippen LogP contribution < -0.4 is 4.90 Å². The molecule has 1 aliphatic carbocycles. The zero-order chi connectivity index (χ0) is 16.0. The standard InChI is InChI=1S/C19H16N2O2/c1-21(2)15-4-6-17-13(11-15)9-12-10-14(3-5-16(12)17)20-18-7-8-19(22)23-18/h3-8,10-11H,9H2,1-2H3. The SMILES string of the molecule is CN(C)c1ccc2c(c1)Cc1cc(N=C3C=CC(=O)O3)ccc1-2. The minimum Gasteiger partial charge on any atom is -0.404 e. The second kappa shape index (κ2) is 5.09. The number of hydrogen-bond donors (Lipinski definition) is 0. The Labute approximate surface area is 134 Å². The molecule has 2 aromatic carbocycles. The second-order valence-corrected chi connectivity index (χ2v) is 5.96. The van der Waals surface area contributed by atoms with Crippen molar-refractivity contribution >= 4 is 23.2 Å². The molecule has 0 bridgehead atoms. The van der Waals surface area contributed by atoms with Crippen LogP contribution >= 0.6 is 0 Å². The Morgan fingerprint density at radius 3 is 2.43 bits per heavy atom. The Bertz CT molecular complexity index is 879. The van der Waals surface area contributed by atoms with Crippen molar-refractivity contribution in [2.24, 2.45) is 4.99 Å². The molecule has 1 heterocycles. The van der Waals surface area contributed by atoms with Gasteiger partial charge in [-0.25, -0.2) is 9.79 Å². The predicted molar refractivity (Wildman–Crippen MR) is 91.3 cm³/mol. The van der Waals surface area contributed by atoms with Gasteiger partial charge in [-0.15, -0.1) is 0 Å². The van der Waals surface area contributed by atoms with Crippen LogP contribution in [-0.2, 0) is 16.0 Å². The molecular weight excluding hydrogens is 288 g/mol. The number of fused-ring (bicyclic) bond motifs is 3. The molecule has 0 radical (unpaired) electrons. The van der Waals surface area contributed by atoms with Crippen molar-refractivity contribution in [3.05, 3.63) is 59.7 Å². The summed E-state index contributed by atoms with van der Waals surface area (Å²) in [4.78, 5) is 17.6. The first-order valence-electron chi connectivity index (χ1n) is 7.52. The van der Waals surface area contributed by atoms with Crippen LogP contribution in [0.1, 0.15) is 11.1 Å². The highest BCUT2D eigenvalue weighted by Crippen LogP contribution is 2.39. The number of aliphatic imine (C=N–C) groups is 1. The normalized spacial score (nSPS) is 16.4. The Balaban J connectivity index is 1.68. The number of rotatable bonds is 2. The van der Waals surface area contributed by atoms with Crippen LogP contribution in [0.2, 0.25) is 0 Å². The van der Waals surface area contributed by atoms with Crippen LogP contribution in [0.4, 0.5) is 11.4 Å². The van der Waals surface area contributed by atoms with Crippen molar-refractivity contribution in [1.29, 1.82) is 0 Å². The van der Waals surface area contributed by atoms with E-state index >= 15 is 0 Å². The van der Waals surface area contributed by atoms with E-state index in [9.17, 15) is 4.79 Å². The van der Waals surface area contributed by atoms with E-state index in [1.165, 1.54) is 34.0 Å². The van der Waals surface area contributed by atoms with E-state index in [-0.39, 0.29) is 5.97 Å². The molecule has 0 unspecified atom stereocenters. The van der Waals surface area contributed by atoms with Crippen LogP contribution in [0.25, 0.3) is 11.1 Å². The number of carbonyl (C=O) groups is 1. The number of nitrogens with zero attached hydrogens (tertiary/aromatic N) is 2. The summed E-state index contributed by atoms with van der Waals surface area (Å²) in [5.74, 6) is -0.0196. The molecule has 4 rings (SSSR count). The van der Waals surface area contributed by atoms with E-state index in [4.69, 9.17) is 4.74 Å². The Morgan fingerprint density at radius 2 is 1.74 bits per heavy atom. The van der Waals surface area contributed by atoms with Crippen molar-refractivity contribution in [2.45, 2.75) is 6.42 Å². The Morgan fingerprint density at radius 1 is 1.00 bits per heavy atom. The van der Waals surface area contributed by atoms with Gasteiger partial charge in [-0.1, -0.05) is 12.1 Å². The maximum absolute atomic E-state index is 11.1. The second-order valence-electron chi connectivity index (χ2n) is 5.96. The minimum absolute atomic E-state index is 0.348. The van der Waals surface area contributed by atoms with Gasteiger partial charge in [0.1, 0.15) is 0 Å². The highest BCUT2D eigenvalue weighted by Gasteiger charge is 2.19. The number of anilines is 1. The summed E-state index contributed by atoms with van der Waals surface area (Å²) in [5, 5.41) is 0. The molecule has 0 spiro atoms. The monoisotopic (exact) mass is 304 g/mol. The average Bonchev–Trinajstić information content (AvgIpc) is 3.09. The zero-order valence-corrected chi connectivity index (χ0v) is 13.0.